The van der Waals surface area contributed by atoms with Crippen LogP contribution in [-0.4, -0.2) is 8.07 Å². The van der Waals surface area contributed by atoms with Gasteiger partial charge in [-0.3, -0.25) is 0 Å². The van der Waals surface area contributed by atoms with E-state index in [4.69, 9.17) is 0 Å². The van der Waals surface area contributed by atoms with Crippen molar-refractivity contribution in [1.82, 2.24) is 0 Å². The average Bonchev–Trinajstić information content (AvgIpc) is 2.63. The largest absolute Gasteiger partial charge is 0.0836 e. The van der Waals surface area contributed by atoms with E-state index in [1.807, 2.05) is 0 Å². The third kappa shape index (κ3) is 11.6. The van der Waals surface area contributed by atoms with E-state index in [0.29, 0.717) is 0 Å². The zero-order valence-corrected chi connectivity index (χ0v) is 18.4. The highest BCUT2D eigenvalue weighted by Gasteiger charge is 2.22. The molecule has 1 radical (unpaired) electrons. The van der Waals surface area contributed by atoms with Crippen molar-refractivity contribution in [2.24, 2.45) is 0 Å². The van der Waals surface area contributed by atoms with Gasteiger partial charge in [0, 0.05) is 0 Å². The quantitative estimate of drug-likeness (QED) is 0.208. The van der Waals surface area contributed by atoms with Crippen LogP contribution in [-0.2, 0) is 0 Å². The van der Waals surface area contributed by atoms with Gasteiger partial charge >= 0.3 is 0 Å². The van der Waals surface area contributed by atoms with Crippen molar-refractivity contribution in [2.45, 2.75) is 110 Å². The molecule has 1 aromatic rings. The van der Waals surface area contributed by atoms with Gasteiger partial charge in [-0.25, -0.2) is 0 Å². The number of unbranched alkanes of at least 4 members (excludes halogenated alkanes) is 13. The molecule has 0 aliphatic carbocycles. The van der Waals surface area contributed by atoms with Crippen LogP contribution in [0.15, 0.2) is 30.3 Å². The highest BCUT2D eigenvalue weighted by atomic mass is 28.3. The van der Waals surface area contributed by atoms with Gasteiger partial charge < -0.3 is 0 Å². The lowest BCUT2D eigenvalue weighted by Crippen LogP contribution is -2.42. The average molecular weight is 360 g/mol. The molecule has 0 saturated heterocycles. The molecular weight excluding hydrogens is 316 g/mol. The summed E-state index contributed by atoms with van der Waals surface area (Å²) in [5, 5.41) is 1.57. The van der Waals surface area contributed by atoms with Crippen molar-refractivity contribution < 1.29 is 0 Å². The fraction of sp³-hybridized carbons (Fsp3) is 0.708. The van der Waals surface area contributed by atoms with Gasteiger partial charge in [0.25, 0.3) is 0 Å². The standard InChI is InChI=1S/C24H43Si/c1-4-5-6-7-8-9-10-11-12-13-14-15-16-20-23-25(2,3)24-21-18-17-19-22-24/h17-19,21-23H,4-16,20H2,1-3H3. The molecule has 25 heavy (non-hydrogen) atoms. The fourth-order valence-electron chi connectivity index (χ4n) is 3.61. The van der Waals surface area contributed by atoms with Gasteiger partial charge in [-0.1, -0.05) is 145 Å². The summed E-state index contributed by atoms with van der Waals surface area (Å²) in [7, 11) is -1.31. The first-order chi connectivity index (χ1) is 12.2. The maximum absolute atomic E-state index is 2.65. The van der Waals surface area contributed by atoms with E-state index in [9.17, 15) is 0 Å². The molecular formula is C24H43Si. The van der Waals surface area contributed by atoms with Gasteiger partial charge in [0.1, 0.15) is 0 Å². The van der Waals surface area contributed by atoms with E-state index in [1.165, 1.54) is 89.9 Å². The molecule has 0 unspecified atom stereocenters. The summed E-state index contributed by atoms with van der Waals surface area (Å²) in [5.74, 6) is 0. The Kier molecular flexibility index (Phi) is 13.1. The number of benzene rings is 1. The Hall–Kier alpha value is -0.563. The molecule has 0 bridgehead atoms. The SMILES string of the molecule is CCCCCCCCCCCCCCC[CH][Si](C)(C)c1ccccc1. The molecule has 0 fully saturated rings. The molecule has 0 aromatic heterocycles. The normalized spacial score (nSPS) is 11.8. The van der Waals surface area contributed by atoms with Crippen molar-refractivity contribution in [3.63, 3.8) is 0 Å². The molecule has 0 heterocycles. The summed E-state index contributed by atoms with van der Waals surface area (Å²) in [6.45, 7) is 7.25. The fourth-order valence-corrected chi connectivity index (χ4v) is 5.82. The van der Waals surface area contributed by atoms with Crippen LogP contribution >= 0.6 is 0 Å². The van der Waals surface area contributed by atoms with Crippen LogP contribution in [0, 0.1) is 6.04 Å². The van der Waals surface area contributed by atoms with E-state index in [-0.39, 0.29) is 0 Å². The molecule has 0 atom stereocenters. The summed E-state index contributed by atoms with van der Waals surface area (Å²) in [4.78, 5) is 0. The highest BCUT2D eigenvalue weighted by Crippen LogP contribution is 2.16. The Balaban J connectivity index is 1.87. The van der Waals surface area contributed by atoms with Crippen LogP contribution in [0.25, 0.3) is 0 Å². The van der Waals surface area contributed by atoms with E-state index >= 15 is 0 Å². The molecule has 1 rings (SSSR count). The lowest BCUT2D eigenvalue weighted by atomic mass is 10.0. The third-order valence-corrected chi connectivity index (χ3v) is 8.61. The first-order valence-corrected chi connectivity index (χ1v) is 14.1. The topological polar surface area (TPSA) is 0 Å². The first kappa shape index (κ1) is 22.5. The lowest BCUT2D eigenvalue weighted by Gasteiger charge is -2.22. The van der Waals surface area contributed by atoms with Crippen molar-refractivity contribution in [3.8, 4) is 0 Å². The molecule has 0 aliphatic heterocycles. The van der Waals surface area contributed by atoms with Crippen LogP contribution in [0.1, 0.15) is 96.8 Å². The minimum Gasteiger partial charge on any atom is -0.0654 e. The summed E-state index contributed by atoms with van der Waals surface area (Å²) >= 11 is 0. The Morgan fingerprint density at radius 2 is 1.08 bits per heavy atom. The van der Waals surface area contributed by atoms with Gasteiger partial charge in [-0.05, 0) is 6.04 Å². The summed E-state index contributed by atoms with van der Waals surface area (Å²) in [6.07, 6.45) is 20.1. The van der Waals surface area contributed by atoms with E-state index in [2.05, 4.69) is 56.4 Å². The Morgan fingerprint density at radius 1 is 0.640 bits per heavy atom. The van der Waals surface area contributed by atoms with E-state index in [0.717, 1.165) is 0 Å². The second-order valence-electron chi connectivity index (χ2n) is 8.32. The monoisotopic (exact) mass is 359 g/mol. The molecule has 1 aromatic carbocycles. The van der Waals surface area contributed by atoms with Crippen LogP contribution in [0.2, 0.25) is 13.1 Å². The predicted molar refractivity (Wildman–Crippen MR) is 118 cm³/mol. The van der Waals surface area contributed by atoms with Crippen molar-refractivity contribution in [3.05, 3.63) is 36.4 Å². The number of hydrogen-bond donors (Lipinski definition) is 0. The van der Waals surface area contributed by atoms with Crippen LogP contribution in [0.5, 0.6) is 0 Å². The minimum atomic E-state index is -1.31. The van der Waals surface area contributed by atoms with E-state index < -0.39 is 8.07 Å². The predicted octanol–water partition coefficient (Wildman–Crippen LogP) is 7.83. The van der Waals surface area contributed by atoms with Gasteiger partial charge in [-0.2, -0.15) is 0 Å². The summed E-state index contributed by atoms with van der Waals surface area (Å²) in [5.41, 5.74) is 0. The molecule has 0 saturated carbocycles. The van der Waals surface area contributed by atoms with Crippen molar-refractivity contribution in [1.29, 1.82) is 0 Å². The maximum atomic E-state index is 2.65. The van der Waals surface area contributed by atoms with E-state index in [1.54, 1.807) is 5.19 Å². The van der Waals surface area contributed by atoms with Crippen molar-refractivity contribution in [2.75, 3.05) is 0 Å². The zero-order valence-electron chi connectivity index (χ0n) is 17.4. The molecule has 1 heteroatoms. The van der Waals surface area contributed by atoms with Gasteiger partial charge in [0.05, 0.1) is 8.07 Å². The Labute approximate surface area is 159 Å². The molecule has 0 aliphatic rings. The van der Waals surface area contributed by atoms with Crippen molar-refractivity contribution >= 4 is 13.3 Å². The number of hydrogen-bond acceptors (Lipinski definition) is 0. The van der Waals surface area contributed by atoms with Gasteiger partial charge in [0.15, 0.2) is 0 Å². The summed E-state index contributed by atoms with van der Waals surface area (Å²) < 4.78 is 0. The molecule has 0 N–H and O–H groups in total. The van der Waals surface area contributed by atoms with Gasteiger partial charge in [-0.15, -0.1) is 0 Å². The van der Waals surface area contributed by atoms with Gasteiger partial charge in [0.2, 0.25) is 0 Å². The Bertz CT molecular complexity index is 396. The molecule has 0 amide bonds. The Morgan fingerprint density at radius 3 is 1.56 bits per heavy atom. The second kappa shape index (κ2) is 14.6. The summed E-state index contributed by atoms with van der Waals surface area (Å²) in [6, 6.07) is 13.8. The third-order valence-electron chi connectivity index (χ3n) is 5.48. The highest BCUT2D eigenvalue weighted by molar-refractivity contribution is 6.92. The van der Waals surface area contributed by atoms with Crippen LogP contribution in [0.4, 0.5) is 0 Å². The maximum Gasteiger partial charge on any atom is 0.0836 e. The minimum absolute atomic E-state index is 1.31. The molecule has 143 valence electrons. The number of rotatable bonds is 16. The lowest BCUT2D eigenvalue weighted by molar-refractivity contribution is 0.539. The van der Waals surface area contributed by atoms with Crippen LogP contribution in [0.3, 0.4) is 0 Å². The van der Waals surface area contributed by atoms with Crippen LogP contribution < -0.4 is 5.19 Å². The second-order valence-corrected chi connectivity index (χ2v) is 12.8. The zero-order chi connectivity index (χ0) is 18.2. The molecule has 0 nitrogen and oxygen atoms in total. The molecule has 0 spiro atoms. The smallest absolute Gasteiger partial charge is 0.0654 e. The first-order valence-electron chi connectivity index (χ1n) is 11.1.